The summed E-state index contributed by atoms with van der Waals surface area (Å²) < 4.78 is 5.01. The second-order valence-electron chi connectivity index (χ2n) is 4.78. The van der Waals surface area contributed by atoms with Gasteiger partial charge < -0.3 is 9.84 Å². The van der Waals surface area contributed by atoms with Gasteiger partial charge in [0.05, 0.1) is 34.7 Å². The predicted octanol–water partition coefficient (Wildman–Crippen LogP) is 2.84. The van der Waals surface area contributed by atoms with Crippen LogP contribution in [0.2, 0.25) is 0 Å². The van der Waals surface area contributed by atoms with E-state index in [1.54, 1.807) is 12.1 Å². The van der Waals surface area contributed by atoms with Gasteiger partial charge in [0.2, 0.25) is 0 Å². The quantitative estimate of drug-likeness (QED) is 0.564. The van der Waals surface area contributed by atoms with Crippen molar-refractivity contribution in [3.63, 3.8) is 0 Å². The summed E-state index contributed by atoms with van der Waals surface area (Å²) in [6.07, 6.45) is 0. The minimum atomic E-state index is -1.08. The zero-order valence-electron chi connectivity index (χ0n) is 11.9. The summed E-state index contributed by atoms with van der Waals surface area (Å²) in [5.41, 5.74) is 1.10. The van der Waals surface area contributed by atoms with Gasteiger partial charge in [0.15, 0.2) is 0 Å². The molecule has 0 saturated carbocycles. The zero-order valence-corrected chi connectivity index (χ0v) is 11.9. The molecule has 0 saturated heterocycles. The lowest BCUT2D eigenvalue weighted by Crippen LogP contribution is -1.96. The van der Waals surface area contributed by atoms with Gasteiger partial charge in [-0.2, -0.15) is 5.10 Å². The van der Waals surface area contributed by atoms with E-state index in [1.165, 1.54) is 31.4 Å². The molecule has 0 radical (unpaired) electrons. The number of nitrogens with one attached hydrogen (secondary N) is 1. The lowest BCUT2D eigenvalue weighted by Gasteiger charge is -2.04. The first-order valence-electron chi connectivity index (χ1n) is 6.55. The molecule has 8 nitrogen and oxygen atoms in total. The first-order valence-corrected chi connectivity index (χ1v) is 6.55. The third-order valence-corrected chi connectivity index (χ3v) is 3.47. The highest BCUT2D eigenvalue weighted by Crippen LogP contribution is 2.35. The van der Waals surface area contributed by atoms with Crippen LogP contribution in [0.4, 0.5) is 5.69 Å². The van der Waals surface area contributed by atoms with Crippen molar-refractivity contribution in [3.05, 3.63) is 52.1 Å². The van der Waals surface area contributed by atoms with Gasteiger partial charge in [0.1, 0.15) is 11.4 Å². The maximum absolute atomic E-state index is 11.3. The second-order valence-corrected chi connectivity index (χ2v) is 4.78. The van der Waals surface area contributed by atoms with Gasteiger partial charge in [0.25, 0.3) is 5.69 Å². The van der Waals surface area contributed by atoms with E-state index in [1.807, 2.05) is 0 Å². The largest absolute Gasteiger partial charge is 0.497 e. The van der Waals surface area contributed by atoms with Gasteiger partial charge in [-0.25, -0.2) is 4.79 Å². The third-order valence-electron chi connectivity index (χ3n) is 3.47. The molecule has 0 unspecified atom stereocenters. The summed E-state index contributed by atoms with van der Waals surface area (Å²) in [6, 6.07) is 8.87. The Labute approximate surface area is 129 Å². The van der Waals surface area contributed by atoms with E-state index in [9.17, 15) is 14.9 Å². The maximum Gasteiger partial charge on any atom is 0.335 e. The number of H-pyrrole nitrogens is 1. The highest BCUT2D eigenvalue weighted by atomic mass is 16.6. The molecule has 1 heterocycles. The Balaban J connectivity index is 2.26. The number of nitro groups is 1. The topological polar surface area (TPSA) is 118 Å². The minimum Gasteiger partial charge on any atom is -0.497 e. The van der Waals surface area contributed by atoms with E-state index in [-0.39, 0.29) is 16.8 Å². The van der Waals surface area contributed by atoms with Gasteiger partial charge in [0, 0.05) is 5.39 Å². The van der Waals surface area contributed by atoms with Crippen LogP contribution in [0.15, 0.2) is 36.4 Å². The molecule has 116 valence electrons. The molecular weight excluding hydrogens is 302 g/mol. The number of carboxylic acids is 1. The highest BCUT2D eigenvalue weighted by Gasteiger charge is 2.21. The van der Waals surface area contributed by atoms with Crippen molar-refractivity contribution < 1.29 is 19.6 Å². The minimum absolute atomic E-state index is 0.0799. The average molecular weight is 313 g/mol. The Morgan fingerprint density at radius 2 is 2.09 bits per heavy atom. The van der Waals surface area contributed by atoms with Crippen LogP contribution in [-0.4, -0.2) is 33.3 Å². The number of methoxy groups -OCH3 is 1. The summed E-state index contributed by atoms with van der Waals surface area (Å²) in [5.74, 6) is -0.727. The molecule has 3 aromatic rings. The normalized spacial score (nSPS) is 10.7. The molecule has 0 bridgehead atoms. The molecular formula is C15H11N3O5. The fourth-order valence-electron chi connectivity index (χ4n) is 2.34. The van der Waals surface area contributed by atoms with Crippen molar-refractivity contribution in [2.75, 3.05) is 7.11 Å². The molecule has 3 rings (SSSR count). The van der Waals surface area contributed by atoms with Gasteiger partial charge in [-0.3, -0.25) is 15.2 Å². The Morgan fingerprint density at radius 1 is 1.30 bits per heavy atom. The number of aromatic amines is 1. The fraction of sp³-hybridized carbons (Fsp3) is 0.0667. The van der Waals surface area contributed by atoms with Gasteiger partial charge >= 0.3 is 5.97 Å². The summed E-state index contributed by atoms with van der Waals surface area (Å²) in [7, 11) is 1.42. The van der Waals surface area contributed by atoms with E-state index in [0.29, 0.717) is 22.3 Å². The van der Waals surface area contributed by atoms with Crippen molar-refractivity contribution >= 4 is 22.6 Å². The number of hydrogen-bond acceptors (Lipinski definition) is 5. The summed E-state index contributed by atoms with van der Waals surface area (Å²) in [5, 5.41) is 27.8. The van der Waals surface area contributed by atoms with Crippen LogP contribution in [0.5, 0.6) is 5.75 Å². The van der Waals surface area contributed by atoms with Crippen molar-refractivity contribution in [1.82, 2.24) is 10.2 Å². The number of benzene rings is 2. The number of hydrogen-bond donors (Lipinski definition) is 2. The molecule has 1 aromatic heterocycles. The van der Waals surface area contributed by atoms with Gasteiger partial charge in [-0.15, -0.1) is 0 Å². The van der Waals surface area contributed by atoms with E-state index in [0.717, 1.165) is 0 Å². The summed E-state index contributed by atoms with van der Waals surface area (Å²) >= 11 is 0. The average Bonchev–Trinajstić information content (AvgIpc) is 2.97. The lowest BCUT2D eigenvalue weighted by molar-refractivity contribution is -0.384. The highest BCUT2D eigenvalue weighted by molar-refractivity contribution is 6.00. The number of fused-ring (bicyclic) bond motifs is 1. The first kappa shape index (κ1) is 14.5. The number of rotatable bonds is 4. The molecule has 0 amide bonds. The van der Waals surface area contributed by atoms with Crippen molar-refractivity contribution in [2.45, 2.75) is 0 Å². The van der Waals surface area contributed by atoms with Crippen LogP contribution in [0, 0.1) is 10.1 Å². The third kappa shape index (κ3) is 2.46. The van der Waals surface area contributed by atoms with Crippen LogP contribution < -0.4 is 4.74 Å². The molecule has 0 aliphatic carbocycles. The van der Waals surface area contributed by atoms with Crippen molar-refractivity contribution in [2.24, 2.45) is 0 Å². The van der Waals surface area contributed by atoms with Crippen LogP contribution >= 0.6 is 0 Å². The molecule has 8 heteroatoms. The second kappa shape index (κ2) is 5.41. The number of aromatic nitrogens is 2. The van der Waals surface area contributed by atoms with Crippen molar-refractivity contribution in [3.8, 4) is 17.0 Å². The zero-order chi connectivity index (χ0) is 16.6. The smallest absolute Gasteiger partial charge is 0.335 e. The van der Waals surface area contributed by atoms with Crippen LogP contribution in [0.1, 0.15) is 10.4 Å². The number of carbonyl (C=O) groups is 1. The molecule has 2 aromatic carbocycles. The number of nitro benzene ring substituents is 1. The Morgan fingerprint density at radius 3 is 2.74 bits per heavy atom. The van der Waals surface area contributed by atoms with E-state index in [4.69, 9.17) is 9.84 Å². The number of aromatic carboxylic acids is 1. The molecule has 0 atom stereocenters. The molecule has 2 N–H and O–H groups in total. The maximum atomic E-state index is 11.3. The monoisotopic (exact) mass is 313 g/mol. The van der Waals surface area contributed by atoms with E-state index >= 15 is 0 Å². The molecule has 23 heavy (non-hydrogen) atoms. The molecule has 0 aliphatic rings. The van der Waals surface area contributed by atoms with Gasteiger partial charge in [-0.05, 0) is 30.3 Å². The summed E-state index contributed by atoms with van der Waals surface area (Å²) in [4.78, 5) is 21.9. The molecule has 0 aliphatic heterocycles. The van der Waals surface area contributed by atoms with E-state index in [2.05, 4.69) is 10.2 Å². The lowest BCUT2D eigenvalue weighted by atomic mass is 10.0. The predicted molar refractivity (Wildman–Crippen MR) is 81.7 cm³/mol. The molecule has 0 fully saturated rings. The van der Waals surface area contributed by atoms with E-state index < -0.39 is 10.9 Å². The van der Waals surface area contributed by atoms with Crippen molar-refractivity contribution in [1.29, 1.82) is 0 Å². The standard InChI is InChI=1S/C15H11N3O5/c1-23-9-3-4-10(13(7-9)18(21)22)14-11-6-8(15(19)20)2-5-12(11)16-17-14/h2-7H,1H3,(H,16,17)(H,19,20). The number of carboxylic acid groups (broad SMARTS) is 1. The number of ether oxygens (including phenoxy) is 1. The Hall–Kier alpha value is -3.42. The Bertz CT molecular complexity index is 932. The van der Waals surface area contributed by atoms with Crippen LogP contribution in [-0.2, 0) is 0 Å². The van der Waals surface area contributed by atoms with Crippen LogP contribution in [0.3, 0.4) is 0 Å². The fourth-order valence-corrected chi connectivity index (χ4v) is 2.34. The van der Waals surface area contributed by atoms with Crippen LogP contribution in [0.25, 0.3) is 22.2 Å². The number of nitrogens with zero attached hydrogens (tertiary/aromatic N) is 2. The Kier molecular flexibility index (Phi) is 3.41. The van der Waals surface area contributed by atoms with Gasteiger partial charge in [-0.1, -0.05) is 0 Å². The molecule has 0 spiro atoms. The first-order chi connectivity index (χ1) is 11.0. The summed E-state index contributed by atoms with van der Waals surface area (Å²) in [6.45, 7) is 0. The SMILES string of the molecule is COc1ccc(-c2n[nH]c3ccc(C(=O)O)cc23)c([N+](=O)[O-])c1.